The number of amides is 1. The average Bonchev–Trinajstić information content (AvgIpc) is 2.81. The molecule has 1 saturated carbocycles. The number of carboxylic acid groups (broad SMARTS) is 1. The molecule has 0 saturated heterocycles. The first-order valence-corrected chi connectivity index (χ1v) is 6.78. The van der Waals surface area contributed by atoms with Gasteiger partial charge in [-0.15, -0.1) is 0 Å². The van der Waals surface area contributed by atoms with Crippen LogP contribution in [0.4, 0.5) is 0 Å². The van der Waals surface area contributed by atoms with E-state index in [1.54, 1.807) is 0 Å². The SMILES string of the molecule is CCC(CNC(=O)C1CCCC1CN)CC(=O)O. The minimum Gasteiger partial charge on any atom is -0.481 e. The van der Waals surface area contributed by atoms with E-state index in [4.69, 9.17) is 10.8 Å². The highest BCUT2D eigenvalue weighted by Gasteiger charge is 2.31. The summed E-state index contributed by atoms with van der Waals surface area (Å²) in [5, 5.41) is 11.6. The van der Waals surface area contributed by atoms with E-state index in [-0.39, 0.29) is 24.2 Å². The van der Waals surface area contributed by atoms with Gasteiger partial charge in [0, 0.05) is 18.9 Å². The van der Waals surface area contributed by atoms with Crippen molar-refractivity contribution in [1.82, 2.24) is 5.32 Å². The Morgan fingerprint density at radius 2 is 2.17 bits per heavy atom. The zero-order valence-electron chi connectivity index (χ0n) is 11.0. The summed E-state index contributed by atoms with van der Waals surface area (Å²) in [6.45, 7) is 2.96. The Bertz CT molecular complexity index is 294. The third kappa shape index (κ3) is 4.29. The fourth-order valence-corrected chi connectivity index (χ4v) is 2.65. The molecule has 0 aliphatic heterocycles. The zero-order valence-corrected chi connectivity index (χ0v) is 11.0. The maximum Gasteiger partial charge on any atom is 0.303 e. The smallest absolute Gasteiger partial charge is 0.303 e. The van der Waals surface area contributed by atoms with Crippen molar-refractivity contribution in [2.24, 2.45) is 23.5 Å². The van der Waals surface area contributed by atoms with Gasteiger partial charge in [0.15, 0.2) is 0 Å². The van der Waals surface area contributed by atoms with E-state index in [1.807, 2.05) is 6.92 Å². The van der Waals surface area contributed by atoms with E-state index in [2.05, 4.69) is 5.32 Å². The number of hydrogen-bond acceptors (Lipinski definition) is 3. The molecule has 1 amide bonds. The maximum absolute atomic E-state index is 12.0. The minimum absolute atomic E-state index is 0.0178. The number of hydrogen-bond donors (Lipinski definition) is 3. The second-order valence-corrected chi connectivity index (χ2v) is 5.15. The number of nitrogens with two attached hydrogens (primary N) is 1. The van der Waals surface area contributed by atoms with Crippen molar-refractivity contribution in [3.05, 3.63) is 0 Å². The van der Waals surface area contributed by atoms with Crippen LogP contribution in [-0.2, 0) is 9.59 Å². The van der Waals surface area contributed by atoms with Crippen molar-refractivity contribution in [3.63, 3.8) is 0 Å². The summed E-state index contributed by atoms with van der Waals surface area (Å²) >= 11 is 0. The Morgan fingerprint density at radius 3 is 2.72 bits per heavy atom. The molecule has 0 aromatic heterocycles. The molecule has 1 aliphatic rings. The molecule has 1 aliphatic carbocycles. The van der Waals surface area contributed by atoms with Gasteiger partial charge in [0.25, 0.3) is 0 Å². The topological polar surface area (TPSA) is 92.4 Å². The summed E-state index contributed by atoms with van der Waals surface area (Å²) in [4.78, 5) is 22.6. The van der Waals surface area contributed by atoms with Gasteiger partial charge in [-0.2, -0.15) is 0 Å². The van der Waals surface area contributed by atoms with Crippen LogP contribution in [0.25, 0.3) is 0 Å². The molecule has 0 bridgehead atoms. The number of carboxylic acids is 1. The van der Waals surface area contributed by atoms with Crippen LogP contribution in [0, 0.1) is 17.8 Å². The summed E-state index contributed by atoms with van der Waals surface area (Å²) < 4.78 is 0. The van der Waals surface area contributed by atoms with Crippen LogP contribution in [-0.4, -0.2) is 30.1 Å². The van der Waals surface area contributed by atoms with Gasteiger partial charge in [-0.1, -0.05) is 19.8 Å². The highest BCUT2D eigenvalue weighted by molar-refractivity contribution is 5.79. The van der Waals surface area contributed by atoms with Crippen molar-refractivity contribution < 1.29 is 14.7 Å². The first-order chi connectivity index (χ1) is 8.58. The van der Waals surface area contributed by atoms with Gasteiger partial charge in [-0.25, -0.2) is 0 Å². The van der Waals surface area contributed by atoms with Gasteiger partial charge in [0.1, 0.15) is 0 Å². The van der Waals surface area contributed by atoms with E-state index in [1.165, 1.54) is 0 Å². The molecule has 0 heterocycles. The van der Waals surface area contributed by atoms with E-state index in [0.29, 0.717) is 19.0 Å². The Labute approximate surface area is 108 Å². The molecule has 0 spiro atoms. The van der Waals surface area contributed by atoms with E-state index >= 15 is 0 Å². The molecule has 5 heteroatoms. The number of rotatable bonds is 7. The molecule has 1 rings (SSSR count). The monoisotopic (exact) mass is 256 g/mol. The Balaban J connectivity index is 2.37. The van der Waals surface area contributed by atoms with Crippen LogP contribution in [0.1, 0.15) is 39.0 Å². The lowest BCUT2D eigenvalue weighted by molar-refractivity contribution is -0.138. The van der Waals surface area contributed by atoms with Crippen molar-refractivity contribution in [2.75, 3.05) is 13.1 Å². The second kappa shape index (κ2) is 7.36. The van der Waals surface area contributed by atoms with E-state index in [9.17, 15) is 9.59 Å². The Hall–Kier alpha value is -1.10. The van der Waals surface area contributed by atoms with Crippen molar-refractivity contribution >= 4 is 11.9 Å². The fraction of sp³-hybridized carbons (Fsp3) is 0.846. The molecule has 0 aromatic rings. The molecular formula is C13H24N2O3. The summed E-state index contributed by atoms with van der Waals surface area (Å²) in [6.07, 6.45) is 3.87. The summed E-state index contributed by atoms with van der Waals surface area (Å²) in [5.74, 6) is -0.422. The zero-order chi connectivity index (χ0) is 13.5. The van der Waals surface area contributed by atoms with Crippen molar-refractivity contribution in [3.8, 4) is 0 Å². The Morgan fingerprint density at radius 1 is 1.44 bits per heavy atom. The lowest BCUT2D eigenvalue weighted by Crippen LogP contribution is -2.37. The maximum atomic E-state index is 12.0. The molecule has 104 valence electrons. The number of nitrogens with one attached hydrogen (secondary N) is 1. The van der Waals surface area contributed by atoms with Crippen LogP contribution < -0.4 is 11.1 Å². The van der Waals surface area contributed by atoms with Crippen LogP contribution in [0.3, 0.4) is 0 Å². The largest absolute Gasteiger partial charge is 0.481 e. The van der Waals surface area contributed by atoms with Gasteiger partial charge < -0.3 is 16.2 Å². The highest BCUT2D eigenvalue weighted by Crippen LogP contribution is 2.30. The molecular weight excluding hydrogens is 232 g/mol. The number of carbonyl (C=O) groups excluding carboxylic acids is 1. The summed E-state index contributed by atoms with van der Waals surface area (Å²) in [6, 6.07) is 0. The quantitative estimate of drug-likeness (QED) is 0.633. The molecule has 4 N–H and O–H groups in total. The van der Waals surface area contributed by atoms with Crippen LogP contribution in [0.2, 0.25) is 0 Å². The first kappa shape index (κ1) is 15.0. The first-order valence-electron chi connectivity index (χ1n) is 6.78. The summed E-state index contributed by atoms with van der Waals surface area (Å²) in [5.41, 5.74) is 5.65. The average molecular weight is 256 g/mol. The number of carbonyl (C=O) groups is 2. The molecule has 5 nitrogen and oxygen atoms in total. The molecule has 3 unspecified atom stereocenters. The fourth-order valence-electron chi connectivity index (χ4n) is 2.65. The molecule has 18 heavy (non-hydrogen) atoms. The third-order valence-electron chi connectivity index (χ3n) is 3.90. The number of aliphatic carboxylic acids is 1. The van der Waals surface area contributed by atoms with Gasteiger partial charge in [-0.05, 0) is 31.2 Å². The minimum atomic E-state index is -0.809. The van der Waals surface area contributed by atoms with Gasteiger partial charge in [0.05, 0.1) is 0 Å². The molecule has 1 fully saturated rings. The Kier molecular flexibility index (Phi) is 6.12. The second-order valence-electron chi connectivity index (χ2n) is 5.15. The standard InChI is InChI=1S/C13H24N2O3/c1-2-9(6-12(16)17)8-15-13(18)11-5-3-4-10(11)7-14/h9-11H,2-8,14H2,1H3,(H,15,18)(H,16,17). The highest BCUT2D eigenvalue weighted by atomic mass is 16.4. The van der Waals surface area contributed by atoms with Gasteiger partial charge in [-0.3, -0.25) is 9.59 Å². The predicted octanol–water partition coefficient (Wildman–Crippen LogP) is 0.979. The van der Waals surface area contributed by atoms with Crippen molar-refractivity contribution in [1.29, 1.82) is 0 Å². The van der Waals surface area contributed by atoms with Gasteiger partial charge >= 0.3 is 5.97 Å². The van der Waals surface area contributed by atoms with Crippen LogP contribution >= 0.6 is 0 Å². The van der Waals surface area contributed by atoms with E-state index in [0.717, 1.165) is 25.7 Å². The lowest BCUT2D eigenvalue weighted by Gasteiger charge is -2.19. The van der Waals surface area contributed by atoms with E-state index < -0.39 is 5.97 Å². The molecule has 3 atom stereocenters. The summed E-state index contributed by atoms with van der Waals surface area (Å²) in [7, 11) is 0. The van der Waals surface area contributed by atoms with Gasteiger partial charge in [0.2, 0.25) is 5.91 Å². The van der Waals surface area contributed by atoms with Crippen molar-refractivity contribution in [2.45, 2.75) is 39.0 Å². The molecule has 0 aromatic carbocycles. The van der Waals surface area contributed by atoms with Crippen LogP contribution in [0.5, 0.6) is 0 Å². The molecule has 0 radical (unpaired) electrons. The third-order valence-corrected chi connectivity index (χ3v) is 3.90. The normalized spacial score (nSPS) is 24.8. The van der Waals surface area contributed by atoms with Crippen LogP contribution in [0.15, 0.2) is 0 Å². The lowest BCUT2D eigenvalue weighted by atomic mass is 9.95. The predicted molar refractivity (Wildman–Crippen MR) is 68.9 cm³/mol.